The molecule has 0 amide bonds. The van der Waals surface area contributed by atoms with E-state index in [-0.39, 0.29) is 16.9 Å². The van der Waals surface area contributed by atoms with E-state index in [1.165, 1.54) is 0 Å². The molecule has 0 saturated carbocycles. The lowest BCUT2D eigenvalue weighted by Gasteiger charge is -2.37. The topological polar surface area (TPSA) is 49.7 Å². The van der Waals surface area contributed by atoms with Crippen LogP contribution in [0.4, 0.5) is 0 Å². The van der Waals surface area contributed by atoms with Crippen molar-refractivity contribution in [3.8, 4) is 0 Å². The molecule has 0 aromatic rings. The molecule has 1 heterocycles. The first-order valence-corrected chi connectivity index (χ1v) is 6.43. The average molecular weight is 244 g/mol. The molecule has 1 rings (SSSR count). The summed E-state index contributed by atoms with van der Waals surface area (Å²) in [6.07, 6.45) is -0.704. The molecule has 3 unspecified atom stereocenters. The van der Waals surface area contributed by atoms with Crippen LogP contribution in [0.5, 0.6) is 0 Å². The van der Waals surface area contributed by atoms with E-state index in [4.69, 9.17) is 4.74 Å². The predicted molar refractivity (Wildman–Crippen MR) is 68.8 cm³/mol. The summed E-state index contributed by atoms with van der Waals surface area (Å²) < 4.78 is 5.96. The van der Waals surface area contributed by atoms with Crippen molar-refractivity contribution in [1.82, 2.24) is 0 Å². The molecule has 1 fully saturated rings. The van der Waals surface area contributed by atoms with E-state index in [0.29, 0.717) is 0 Å². The van der Waals surface area contributed by atoms with E-state index in [9.17, 15) is 10.2 Å². The Kier molecular flexibility index (Phi) is 3.70. The van der Waals surface area contributed by atoms with Crippen molar-refractivity contribution in [1.29, 1.82) is 0 Å². The molecule has 3 atom stereocenters. The van der Waals surface area contributed by atoms with Crippen LogP contribution < -0.4 is 0 Å². The molecule has 0 aliphatic carbocycles. The van der Waals surface area contributed by atoms with Gasteiger partial charge in [0, 0.05) is 5.92 Å². The Labute approximate surface area is 105 Å². The molecule has 0 aromatic heterocycles. The van der Waals surface area contributed by atoms with Gasteiger partial charge < -0.3 is 14.9 Å². The fraction of sp³-hybridized carbons (Fsp3) is 1.00. The van der Waals surface area contributed by atoms with Crippen LogP contribution in [-0.2, 0) is 4.74 Å². The van der Waals surface area contributed by atoms with E-state index < -0.39 is 17.8 Å². The average Bonchev–Trinajstić information content (AvgIpc) is 2.30. The Hall–Kier alpha value is -0.120. The first kappa shape index (κ1) is 14.9. The van der Waals surface area contributed by atoms with Gasteiger partial charge in [0.05, 0.1) is 23.4 Å². The van der Waals surface area contributed by atoms with Gasteiger partial charge in [0.15, 0.2) is 0 Å². The first-order valence-electron chi connectivity index (χ1n) is 6.43. The van der Waals surface area contributed by atoms with Gasteiger partial charge in [0.2, 0.25) is 0 Å². The molecule has 0 radical (unpaired) electrons. The van der Waals surface area contributed by atoms with E-state index in [1.807, 2.05) is 48.5 Å². The van der Waals surface area contributed by atoms with Crippen LogP contribution in [0.15, 0.2) is 0 Å². The normalized spacial score (nSPS) is 31.2. The standard InChI is InChI=1S/C14H28O3/c1-12(2,3)11(16)10(15)9-8-13(4,5)17-14(9,6)7/h9-11,15-16H,8H2,1-7H3. The molecule has 3 nitrogen and oxygen atoms in total. The monoisotopic (exact) mass is 244 g/mol. The Morgan fingerprint density at radius 2 is 1.59 bits per heavy atom. The maximum atomic E-state index is 10.4. The van der Waals surface area contributed by atoms with Crippen LogP contribution in [-0.4, -0.2) is 33.6 Å². The van der Waals surface area contributed by atoms with E-state index in [1.54, 1.807) is 0 Å². The van der Waals surface area contributed by atoms with Crippen LogP contribution in [0.2, 0.25) is 0 Å². The molecule has 102 valence electrons. The highest BCUT2D eigenvalue weighted by Crippen LogP contribution is 2.45. The Morgan fingerprint density at radius 1 is 1.12 bits per heavy atom. The largest absolute Gasteiger partial charge is 0.390 e. The zero-order chi connectivity index (χ0) is 13.6. The highest BCUT2D eigenvalue weighted by atomic mass is 16.5. The third kappa shape index (κ3) is 3.21. The van der Waals surface area contributed by atoms with Gasteiger partial charge in [0.1, 0.15) is 0 Å². The fourth-order valence-corrected chi connectivity index (χ4v) is 2.87. The maximum Gasteiger partial charge on any atom is 0.0860 e. The number of aliphatic hydroxyl groups excluding tert-OH is 2. The number of aliphatic hydroxyl groups is 2. The van der Waals surface area contributed by atoms with Crippen molar-refractivity contribution < 1.29 is 14.9 Å². The summed E-state index contributed by atoms with van der Waals surface area (Å²) in [6, 6.07) is 0. The summed E-state index contributed by atoms with van der Waals surface area (Å²) >= 11 is 0. The predicted octanol–water partition coefficient (Wildman–Crippen LogP) is 2.35. The smallest absolute Gasteiger partial charge is 0.0860 e. The molecule has 0 aromatic carbocycles. The van der Waals surface area contributed by atoms with Gasteiger partial charge in [-0.2, -0.15) is 0 Å². The Bertz CT molecular complexity index is 276. The summed E-state index contributed by atoms with van der Waals surface area (Å²) in [5.41, 5.74) is -0.940. The molecule has 3 heteroatoms. The highest BCUT2D eigenvalue weighted by Gasteiger charge is 2.51. The third-order valence-corrected chi connectivity index (χ3v) is 3.77. The van der Waals surface area contributed by atoms with Crippen molar-refractivity contribution in [3.63, 3.8) is 0 Å². The van der Waals surface area contributed by atoms with Gasteiger partial charge in [-0.05, 0) is 39.5 Å². The van der Waals surface area contributed by atoms with Gasteiger partial charge in [-0.3, -0.25) is 0 Å². The van der Waals surface area contributed by atoms with E-state index >= 15 is 0 Å². The minimum atomic E-state index is -0.744. The quantitative estimate of drug-likeness (QED) is 0.784. The van der Waals surface area contributed by atoms with E-state index in [0.717, 1.165) is 6.42 Å². The second kappa shape index (κ2) is 4.22. The lowest BCUT2D eigenvalue weighted by Crippen LogP contribution is -2.47. The van der Waals surface area contributed by atoms with Gasteiger partial charge >= 0.3 is 0 Å². The highest BCUT2D eigenvalue weighted by molar-refractivity contribution is 5.00. The number of hydrogen-bond acceptors (Lipinski definition) is 3. The van der Waals surface area contributed by atoms with Crippen molar-refractivity contribution in [2.45, 2.75) is 78.3 Å². The van der Waals surface area contributed by atoms with Crippen LogP contribution in [0.1, 0.15) is 54.9 Å². The van der Waals surface area contributed by atoms with Gasteiger partial charge in [0.25, 0.3) is 0 Å². The molecule has 1 aliphatic heterocycles. The Morgan fingerprint density at radius 3 is 1.88 bits per heavy atom. The zero-order valence-electron chi connectivity index (χ0n) is 12.2. The number of ether oxygens (including phenoxy) is 1. The van der Waals surface area contributed by atoms with Crippen LogP contribution >= 0.6 is 0 Å². The van der Waals surface area contributed by atoms with Crippen LogP contribution in [0.25, 0.3) is 0 Å². The maximum absolute atomic E-state index is 10.4. The second-order valence-corrected chi connectivity index (χ2v) is 7.58. The summed E-state index contributed by atoms with van der Waals surface area (Å²) in [5, 5.41) is 20.6. The molecular weight excluding hydrogens is 216 g/mol. The molecule has 17 heavy (non-hydrogen) atoms. The van der Waals surface area contributed by atoms with Crippen molar-refractivity contribution in [3.05, 3.63) is 0 Å². The summed E-state index contributed by atoms with van der Waals surface area (Å²) in [4.78, 5) is 0. The molecule has 2 N–H and O–H groups in total. The van der Waals surface area contributed by atoms with Crippen molar-refractivity contribution in [2.24, 2.45) is 11.3 Å². The lowest BCUT2D eigenvalue weighted by atomic mass is 9.75. The molecule has 0 spiro atoms. The number of rotatable bonds is 2. The lowest BCUT2D eigenvalue weighted by molar-refractivity contribution is -0.119. The molecule has 1 saturated heterocycles. The SMILES string of the molecule is CC1(C)CC(C(O)C(O)C(C)(C)C)C(C)(C)O1. The zero-order valence-corrected chi connectivity index (χ0v) is 12.2. The molecular formula is C14H28O3. The first-order chi connectivity index (χ1) is 7.37. The minimum absolute atomic E-state index is 0.0354. The van der Waals surface area contributed by atoms with E-state index in [2.05, 4.69) is 0 Å². The fourth-order valence-electron chi connectivity index (χ4n) is 2.87. The summed E-state index contributed by atoms with van der Waals surface area (Å²) in [7, 11) is 0. The third-order valence-electron chi connectivity index (χ3n) is 3.77. The van der Waals surface area contributed by atoms with Gasteiger partial charge in [-0.25, -0.2) is 0 Å². The van der Waals surface area contributed by atoms with Crippen molar-refractivity contribution >= 4 is 0 Å². The molecule has 1 aliphatic rings. The minimum Gasteiger partial charge on any atom is -0.390 e. The van der Waals surface area contributed by atoms with Gasteiger partial charge in [-0.1, -0.05) is 20.8 Å². The second-order valence-electron chi connectivity index (χ2n) is 7.58. The Balaban J connectivity index is 2.87. The van der Waals surface area contributed by atoms with Crippen LogP contribution in [0.3, 0.4) is 0 Å². The summed E-state index contributed by atoms with van der Waals surface area (Å²) in [6.45, 7) is 13.9. The summed E-state index contributed by atoms with van der Waals surface area (Å²) in [5.74, 6) is -0.0354. The van der Waals surface area contributed by atoms with Crippen LogP contribution in [0, 0.1) is 11.3 Å². The molecule has 0 bridgehead atoms. The van der Waals surface area contributed by atoms with Gasteiger partial charge in [-0.15, -0.1) is 0 Å². The number of hydrogen-bond donors (Lipinski definition) is 2. The van der Waals surface area contributed by atoms with Crippen molar-refractivity contribution in [2.75, 3.05) is 0 Å².